The van der Waals surface area contributed by atoms with Gasteiger partial charge in [0.25, 0.3) is 0 Å². The molecule has 0 saturated carbocycles. The molecule has 19 heavy (non-hydrogen) atoms. The highest BCUT2D eigenvalue weighted by molar-refractivity contribution is 7.80. The minimum Gasteiger partial charge on any atom is -0.166 e. The Bertz CT molecular complexity index is 514. The monoisotopic (exact) mass is 290 g/mol. The van der Waals surface area contributed by atoms with Gasteiger partial charge in [0.15, 0.2) is 0 Å². The smallest absolute Gasteiger partial charge is 0.0516 e. The molecular weight excluding hydrogens is 272 g/mol. The van der Waals surface area contributed by atoms with Crippen LogP contribution in [-0.2, 0) is 6.42 Å². The van der Waals surface area contributed by atoms with Crippen molar-refractivity contribution in [2.24, 2.45) is 5.92 Å². The molecule has 0 bridgehead atoms. The lowest BCUT2D eigenvalue weighted by atomic mass is 9.99. The number of halogens is 1. The minimum atomic E-state index is 0.102. The van der Waals surface area contributed by atoms with Crippen molar-refractivity contribution in [1.29, 1.82) is 0 Å². The van der Waals surface area contributed by atoms with Gasteiger partial charge in [-0.25, -0.2) is 0 Å². The number of hydrogen-bond acceptors (Lipinski definition) is 1. The zero-order valence-electron chi connectivity index (χ0n) is 11.3. The molecule has 0 fully saturated rings. The summed E-state index contributed by atoms with van der Waals surface area (Å²) >= 11 is 10.6. The molecule has 0 aromatic heterocycles. The Kier molecular flexibility index (Phi) is 4.95. The van der Waals surface area contributed by atoms with Gasteiger partial charge in [-0.1, -0.05) is 61.8 Å². The molecule has 0 N–H and O–H groups in total. The molecule has 0 aliphatic rings. The van der Waals surface area contributed by atoms with E-state index >= 15 is 0 Å². The molecule has 0 saturated heterocycles. The van der Waals surface area contributed by atoms with Crippen LogP contribution >= 0.6 is 24.2 Å². The molecule has 1 unspecified atom stereocenters. The average Bonchev–Trinajstić information content (AvgIpc) is 2.39. The minimum absolute atomic E-state index is 0.102. The van der Waals surface area contributed by atoms with E-state index in [1.54, 1.807) is 0 Å². The van der Waals surface area contributed by atoms with Crippen molar-refractivity contribution in [2.45, 2.75) is 25.5 Å². The van der Waals surface area contributed by atoms with Gasteiger partial charge >= 0.3 is 0 Å². The maximum atomic E-state index is 5.91. The number of hydrogen-bond donors (Lipinski definition) is 1. The summed E-state index contributed by atoms with van der Waals surface area (Å²) in [5.41, 5.74) is 3.78. The molecule has 100 valence electrons. The van der Waals surface area contributed by atoms with Crippen LogP contribution in [0.25, 0.3) is 0 Å². The average molecular weight is 291 g/mol. The topological polar surface area (TPSA) is 0 Å². The lowest BCUT2D eigenvalue weighted by Crippen LogP contribution is -1.96. The van der Waals surface area contributed by atoms with Gasteiger partial charge in [-0.15, -0.1) is 0 Å². The summed E-state index contributed by atoms with van der Waals surface area (Å²) in [7, 11) is 0. The van der Waals surface area contributed by atoms with E-state index in [1.165, 1.54) is 16.7 Å². The van der Waals surface area contributed by atoms with Crippen LogP contribution in [0.3, 0.4) is 0 Å². The van der Waals surface area contributed by atoms with E-state index in [0.29, 0.717) is 5.92 Å². The molecule has 0 spiro atoms. The summed E-state index contributed by atoms with van der Waals surface area (Å²) in [6, 6.07) is 16.6. The zero-order valence-corrected chi connectivity index (χ0v) is 13.0. The zero-order chi connectivity index (χ0) is 13.8. The quantitative estimate of drug-likeness (QED) is 0.701. The van der Waals surface area contributed by atoms with Gasteiger partial charge in [0.1, 0.15) is 0 Å². The van der Waals surface area contributed by atoms with Gasteiger partial charge in [0, 0.05) is 5.02 Å². The van der Waals surface area contributed by atoms with Crippen molar-refractivity contribution >= 4 is 24.2 Å². The van der Waals surface area contributed by atoms with E-state index in [1.807, 2.05) is 24.3 Å². The third-order valence-electron chi connectivity index (χ3n) is 3.13. The Morgan fingerprint density at radius 3 is 1.84 bits per heavy atom. The Labute approximate surface area is 126 Å². The molecule has 0 aliphatic carbocycles. The molecular formula is C17H19ClS. The Morgan fingerprint density at radius 2 is 1.37 bits per heavy atom. The van der Waals surface area contributed by atoms with Crippen molar-refractivity contribution in [1.82, 2.24) is 0 Å². The molecule has 2 heteroatoms. The standard InChI is InChI=1S/C17H19ClS/c1-12(2)11-13-3-5-14(6-4-13)17(19)15-7-9-16(18)10-8-15/h3-10,12,17,19H,11H2,1-2H3. The maximum Gasteiger partial charge on any atom is 0.0516 e. The van der Waals surface area contributed by atoms with Gasteiger partial charge in [-0.2, -0.15) is 12.6 Å². The van der Waals surface area contributed by atoms with E-state index < -0.39 is 0 Å². The number of rotatable bonds is 4. The van der Waals surface area contributed by atoms with Gasteiger partial charge in [0.2, 0.25) is 0 Å². The first-order chi connectivity index (χ1) is 9.06. The van der Waals surface area contributed by atoms with Crippen molar-refractivity contribution in [2.75, 3.05) is 0 Å². The third-order valence-corrected chi connectivity index (χ3v) is 3.97. The summed E-state index contributed by atoms with van der Waals surface area (Å²) in [6.45, 7) is 4.48. The van der Waals surface area contributed by atoms with Gasteiger partial charge in [-0.3, -0.25) is 0 Å². The highest BCUT2D eigenvalue weighted by atomic mass is 35.5. The van der Waals surface area contributed by atoms with Crippen LogP contribution in [-0.4, -0.2) is 0 Å². The summed E-state index contributed by atoms with van der Waals surface area (Å²) in [5, 5.41) is 0.863. The van der Waals surface area contributed by atoms with Crippen molar-refractivity contribution in [3.63, 3.8) is 0 Å². The largest absolute Gasteiger partial charge is 0.166 e. The highest BCUT2D eigenvalue weighted by Gasteiger charge is 2.09. The van der Waals surface area contributed by atoms with Gasteiger partial charge in [-0.05, 0) is 41.2 Å². The van der Waals surface area contributed by atoms with E-state index in [4.69, 9.17) is 24.2 Å². The van der Waals surface area contributed by atoms with E-state index in [-0.39, 0.29) is 5.25 Å². The fourth-order valence-electron chi connectivity index (χ4n) is 2.14. The molecule has 0 amide bonds. The van der Waals surface area contributed by atoms with E-state index in [9.17, 15) is 0 Å². The predicted octanol–water partition coefficient (Wildman–Crippen LogP) is 5.56. The lowest BCUT2D eigenvalue weighted by Gasteiger charge is -2.13. The van der Waals surface area contributed by atoms with Crippen LogP contribution in [0.1, 0.15) is 35.8 Å². The third kappa shape index (κ3) is 4.02. The Balaban J connectivity index is 2.15. The summed E-state index contributed by atoms with van der Waals surface area (Å²) < 4.78 is 0. The van der Waals surface area contributed by atoms with Crippen molar-refractivity contribution < 1.29 is 0 Å². The van der Waals surface area contributed by atoms with Crippen LogP contribution in [0.2, 0.25) is 5.02 Å². The first-order valence-corrected chi connectivity index (χ1v) is 7.48. The Morgan fingerprint density at radius 1 is 0.895 bits per heavy atom. The SMILES string of the molecule is CC(C)Cc1ccc(C(S)c2ccc(Cl)cc2)cc1. The number of thiol groups is 1. The van der Waals surface area contributed by atoms with Crippen LogP contribution < -0.4 is 0 Å². The second-order valence-electron chi connectivity index (χ2n) is 5.29. The van der Waals surface area contributed by atoms with Gasteiger partial charge < -0.3 is 0 Å². The first-order valence-electron chi connectivity index (χ1n) is 6.58. The van der Waals surface area contributed by atoms with Gasteiger partial charge in [0.05, 0.1) is 5.25 Å². The normalized spacial score (nSPS) is 12.7. The highest BCUT2D eigenvalue weighted by Crippen LogP contribution is 2.29. The molecule has 1 atom stereocenters. The molecule has 2 aromatic rings. The fraction of sp³-hybridized carbons (Fsp3) is 0.294. The van der Waals surface area contributed by atoms with Crippen molar-refractivity contribution in [3.05, 3.63) is 70.2 Å². The van der Waals surface area contributed by atoms with Crippen LogP contribution in [0.4, 0.5) is 0 Å². The summed E-state index contributed by atoms with van der Waals surface area (Å²) in [5.74, 6) is 0.689. The molecule has 0 heterocycles. The van der Waals surface area contributed by atoms with Crippen LogP contribution in [0.5, 0.6) is 0 Å². The van der Waals surface area contributed by atoms with Crippen molar-refractivity contribution in [3.8, 4) is 0 Å². The number of benzene rings is 2. The van der Waals surface area contributed by atoms with E-state index in [0.717, 1.165) is 11.4 Å². The molecule has 0 aliphatic heterocycles. The summed E-state index contributed by atoms with van der Waals surface area (Å²) in [4.78, 5) is 0. The molecule has 0 nitrogen and oxygen atoms in total. The lowest BCUT2D eigenvalue weighted by molar-refractivity contribution is 0.647. The second kappa shape index (κ2) is 6.49. The van der Waals surface area contributed by atoms with E-state index in [2.05, 4.69) is 38.1 Å². The molecule has 2 rings (SSSR count). The summed E-state index contributed by atoms with van der Waals surface area (Å²) in [6.07, 6.45) is 1.12. The second-order valence-corrected chi connectivity index (χ2v) is 6.25. The van der Waals surface area contributed by atoms with Crippen LogP contribution in [0, 0.1) is 5.92 Å². The Hall–Kier alpha value is -0.920. The van der Waals surface area contributed by atoms with Crippen LogP contribution in [0.15, 0.2) is 48.5 Å². The predicted molar refractivity (Wildman–Crippen MR) is 87.3 cm³/mol. The molecule has 2 aromatic carbocycles. The fourth-order valence-corrected chi connectivity index (χ4v) is 2.62. The maximum absolute atomic E-state index is 5.91. The molecule has 0 radical (unpaired) electrons. The first kappa shape index (κ1) is 14.5.